The molecule has 12 heavy (non-hydrogen) atoms. The van der Waals surface area contributed by atoms with E-state index in [0.29, 0.717) is 5.56 Å². The molecule has 0 atom stereocenters. The van der Waals surface area contributed by atoms with Gasteiger partial charge in [0.25, 0.3) is 0 Å². The molecule has 64 valence electrons. The molecule has 1 amide bonds. The third-order valence-electron chi connectivity index (χ3n) is 1.71. The first kappa shape index (κ1) is 9.51. The molecule has 0 aliphatic rings. The third kappa shape index (κ3) is 1.97. The van der Waals surface area contributed by atoms with Gasteiger partial charge >= 0.3 is 0 Å². The van der Waals surface area contributed by atoms with Crippen molar-refractivity contribution in [3.63, 3.8) is 0 Å². The van der Waals surface area contributed by atoms with E-state index >= 15 is 0 Å². The summed E-state index contributed by atoms with van der Waals surface area (Å²) in [7, 11) is 0. The van der Waals surface area contributed by atoms with Gasteiger partial charge in [-0.05, 0) is 46.7 Å². The van der Waals surface area contributed by atoms with Crippen LogP contribution in [-0.4, -0.2) is 5.91 Å². The van der Waals surface area contributed by atoms with Crippen LogP contribution in [0.1, 0.15) is 22.8 Å². The van der Waals surface area contributed by atoms with Gasteiger partial charge in [-0.1, -0.05) is 13.0 Å². The van der Waals surface area contributed by atoms with Crippen LogP contribution < -0.4 is 5.73 Å². The number of benzene rings is 1. The SMILES string of the molecule is CCc1ccc(C(N)=O)c(I)c1. The lowest BCUT2D eigenvalue weighted by molar-refractivity contribution is 0.0999. The fourth-order valence-corrected chi connectivity index (χ4v) is 1.82. The fraction of sp³-hybridized carbons (Fsp3) is 0.222. The van der Waals surface area contributed by atoms with E-state index in [-0.39, 0.29) is 5.91 Å². The van der Waals surface area contributed by atoms with Gasteiger partial charge in [-0.15, -0.1) is 0 Å². The van der Waals surface area contributed by atoms with E-state index in [1.807, 2.05) is 12.1 Å². The number of nitrogens with two attached hydrogens (primary N) is 1. The summed E-state index contributed by atoms with van der Waals surface area (Å²) < 4.78 is 0.930. The lowest BCUT2D eigenvalue weighted by atomic mass is 10.1. The molecule has 0 aromatic heterocycles. The van der Waals surface area contributed by atoms with E-state index in [1.54, 1.807) is 6.07 Å². The minimum atomic E-state index is -0.359. The van der Waals surface area contributed by atoms with Crippen LogP contribution in [0.5, 0.6) is 0 Å². The molecule has 1 rings (SSSR count). The smallest absolute Gasteiger partial charge is 0.249 e. The summed E-state index contributed by atoms with van der Waals surface area (Å²) in [5.74, 6) is -0.359. The molecule has 1 aromatic rings. The van der Waals surface area contributed by atoms with Crippen LogP contribution in [0.3, 0.4) is 0 Å². The molecule has 2 nitrogen and oxygen atoms in total. The second-order valence-electron chi connectivity index (χ2n) is 2.53. The zero-order chi connectivity index (χ0) is 9.14. The van der Waals surface area contributed by atoms with Crippen molar-refractivity contribution in [3.8, 4) is 0 Å². The number of carbonyl (C=O) groups is 1. The molecule has 0 radical (unpaired) electrons. The van der Waals surface area contributed by atoms with Crippen molar-refractivity contribution in [1.82, 2.24) is 0 Å². The van der Waals surface area contributed by atoms with Gasteiger partial charge in [0.1, 0.15) is 0 Å². The Bertz CT molecular complexity index is 309. The van der Waals surface area contributed by atoms with E-state index < -0.39 is 0 Å². The Morgan fingerprint density at radius 3 is 2.67 bits per heavy atom. The number of hydrogen-bond donors (Lipinski definition) is 1. The summed E-state index contributed by atoms with van der Waals surface area (Å²) in [5.41, 5.74) is 6.99. The van der Waals surface area contributed by atoms with Gasteiger partial charge in [-0.25, -0.2) is 0 Å². The normalized spacial score (nSPS) is 9.83. The molecule has 0 saturated carbocycles. The maximum absolute atomic E-state index is 10.8. The van der Waals surface area contributed by atoms with Gasteiger partial charge in [-0.3, -0.25) is 4.79 Å². The quantitative estimate of drug-likeness (QED) is 0.824. The molecule has 0 aliphatic heterocycles. The maximum atomic E-state index is 10.8. The molecular weight excluding hydrogens is 265 g/mol. The van der Waals surface area contributed by atoms with Crippen LogP contribution >= 0.6 is 22.6 Å². The van der Waals surface area contributed by atoms with E-state index in [0.717, 1.165) is 9.99 Å². The van der Waals surface area contributed by atoms with E-state index in [1.165, 1.54) is 5.56 Å². The summed E-state index contributed by atoms with van der Waals surface area (Å²) >= 11 is 2.12. The highest BCUT2D eigenvalue weighted by Crippen LogP contribution is 2.14. The second-order valence-corrected chi connectivity index (χ2v) is 3.69. The topological polar surface area (TPSA) is 43.1 Å². The number of aryl methyl sites for hydroxylation is 1. The molecule has 0 heterocycles. The van der Waals surface area contributed by atoms with Crippen molar-refractivity contribution in [2.45, 2.75) is 13.3 Å². The zero-order valence-corrected chi connectivity index (χ0v) is 8.96. The average Bonchev–Trinajstić information content (AvgIpc) is 2.03. The fourth-order valence-electron chi connectivity index (χ4n) is 0.978. The zero-order valence-electron chi connectivity index (χ0n) is 6.80. The molecule has 2 N–H and O–H groups in total. The maximum Gasteiger partial charge on any atom is 0.249 e. The lowest BCUT2D eigenvalue weighted by Crippen LogP contribution is -2.12. The predicted molar refractivity (Wildman–Crippen MR) is 57.1 cm³/mol. The second kappa shape index (κ2) is 3.89. The number of hydrogen-bond acceptors (Lipinski definition) is 1. The Labute approximate surface area is 85.3 Å². The van der Waals surface area contributed by atoms with Crippen molar-refractivity contribution < 1.29 is 4.79 Å². The van der Waals surface area contributed by atoms with Gasteiger partial charge in [0.05, 0.1) is 5.56 Å². The van der Waals surface area contributed by atoms with Crippen molar-refractivity contribution >= 4 is 28.5 Å². The standard InChI is InChI=1S/C9H10INO/c1-2-6-3-4-7(9(11)12)8(10)5-6/h3-5H,2H2,1H3,(H2,11,12). The van der Waals surface area contributed by atoms with Crippen molar-refractivity contribution in [2.75, 3.05) is 0 Å². The van der Waals surface area contributed by atoms with Gasteiger partial charge in [0, 0.05) is 3.57 Å². The first-order chi connectivity index (χ1) is 5.65. The predicted octanol–water partition coefficient (Wildman–Crippen LogP) is 1.95. The summed E-state index contributed by atoms with van der Waals surface area (Å²) in [5, 5.41) is 0. The minimum absolute atomic E-state index is 0.359. The Morgan fingerprint density at radius 2 is 2.25 bits per heavy atom. The molecule has 0 saturated heterocycles. The van der Waals surface area contributed by atoms with E-state index in [9.17, 15) is 4.79 Å². The summed E-state index contributed by atoms with van der Waals surface area (Å²) in [6, 6.07) is 5.70. The van der Waals surface area contributed by atoms with Crippen LogP contribution in [0.2, 0.25) is 0 Å². The Balaban J connectivity index is 3.12. The average molecular weight is 275 g/mol. The highest BCUT2D eigenvalue weighted by molar-refractivity contribution is 14.1. The van der Waals surface area contributed by atoms with Gasteiger partial charge in [0.2, 0.25) is 5.91 Å². The van der Waals surface area contributed by atoms with Gasteiger partial charge < -0.3 is 5.73 Å². The minimum Gasteiger partial charge on any atom is -0.366 e. The molecule has 1 aromatic carbocycles. The number of carbonyl (C=O) groups excluding carboxylic acids is 1. The number of primary amides is 1. The van der Waals surface area contributed by atoms with Crippen LogP contribution in [0.25, 0.3) is 0 Å². The molecule has 0 fully saturated rings. The van der Waals surface area contributed by atoms with E-state index in [2.05, 4.69) is 29.5 Å². The van der Waals surface area contributed by atoms with E-state index in [4.69, 9.17) is 5.73 Å². The highest BCUT2D eigenvalue weighted by atomic mass is 127. The Morgan fingerprint density at radius 1 is 1.58 bits per heavy atom. The summed E-state index contributed by atoms with van der Waals surface area (Å²) in [6.45, 7) is 2.08. The van der Waals surface area contributed by atoms with Gasteiger partial charge in [-0.2, -0.15) is 0 Å². The summed E-state index contributed by atoms with van der Waals surface area (Å²) in [6.07, 6.45) is 0.981. The van der Waals surface area contributed by atoms with Crippen LogP contribution in [0, 0.1) is 3.57 Å². The molecule has 0 unspecified atom stereocenters. The monoisotopic (exact) mass is 275 g/mol. The third-order valence-corrected chi connectivity index (χ3v) is 2.60. The molecule has 3 heteroatoms. The molecular formula is C9H10INO. The first-order valence-electron chi connectivity index (χ1n) is 3.73. The van der Waals surface area contributed by atoms with Crippen molar-refractivity contribution in [3.05, 3.63) is 32.9 Å². The van der Waals surface area contributed by atoms with Crippen LogP contribution in [0.4, 0.5) is 0 Å². The first-order valence-corrected chi connectivity index (χ1v) is 4.81. The molecule has 0 bridgehead atoms. The van der Waals surface area contributed by atoms with Crippen LogP contribution in [-0.2, 0) is 6.42 Å². The summed E-state index contributed by atoms with van der Waals surface area (Å²) in [4.78, 5) is 10.8. The lowest BCUT2D eigenvalue weighted by Gasteiger charge is -2.01. The number of halogens is 1. The Kier molecular flexibility index (Phi) is 3.08. The number of rotatable bonds is 2. The molecule has 0 spiro atoms. The largest absolute Gasteiger partial charge is 0.366 e. The Hall–Kier alpha value is -0.580. The van der Waals surface area contributed by atoms with Crippen LogP contribution in [0.15, 0.2) is 18.2 Å². The molecule has 0 aliphatic carbocycles. The van der Waals surface area contributed by atoms with Crippen molar-refractivity contribution in [1.29, 1.82) is 0 Å². The highest BCUT2D eigenvalue weighted by Gasteiger charge is 2.04. The van der Waals surface area contributed by atoms with Gasteiger partial charge in [0.15, 0.2) is 0 Å². The number of amides is 1. The van der Waals surface area contributed by atoms with Crippen molar-refractivity contribution in [2.24, 2.45) is 5.73 Å².